The number of nitrogens with zero attached hydrogens (tertiary/aromatic N) is 5. The summed E-state index contributed by atoms with van der Waals surface area (Å²) in [7, 11) is 0. The Morgan fingerprint density at radius 2 is 2.40 bits per heavy atom. The number of aromatic nitrogens is 4. The lowest BCUT2D eigenvalue weighted by Gasteiger charge is -2.31. The molecule has 2 aromatic rings. The van der Waals surface area contributed by atoms with Crippen LogP contribution in [0.15, 0.2) is 23.4 Å². The van der Waals surface area contributed by atoms with Crippen LogP contribution < -0.4 is 0 Å². The van der Waals surface area contributed by atoms with Gasteiger partial charge in [0.25, 0.3) is 5.91 Å². The average molecular weight is 347 g/mol. The maximum absolute atomic E-state index is 12.8. The van der Waals surface area contributed by atoms with Crippen molar-refractivity contribution in [3.8, 4) is 0 Å². The van der Waals surface area contributed by atoms with Crippen molar-refractivity contribution in [3.05, 3.63) is 30.2 Å². The van der Waals surface area contributed by atoms with E-state index in [4.69, 9.17) is 14.0 Å². The van der Waals surface area contributed by atoms with Gasteiger partial charge in [0, 0.05) is 6.54 Å². The third kappa shape index (κ3) is 3.29. The third-order valence-electron chi connectivity index (χ3n) is 4.81. The Bertz CT molecular complexity index is 731. The van der Waals surface area contributed by atoms with Crippen LogP contribution >= 0.6 is 0 Å². The van der Waals surface area contributed by atoms with Crippen LogP contribution in [0.25, 0.3) is 0 Å². The number of amides is 1. The van der Waals surface area contributed by atoms with Crippen molar-refractivity contribution in [2.24, 2.45) is 0 Å². The van der Waals surface area contributed by atoms with Gasteiger partial charge >= 0.3 is 0 Å². The van der Waals surface area contributed by atoms with Crippen LogP contribution in [0.1, 0.15) is 29.0 Å². The van der Waals surface area contributed by atoms with Gasteiger partial charge in [-0.2, -0.15) is 5.10 Å². The van der Waals surface area contributed by atoms with Crippen LogP contribution in [0, 0.1) is 6.92 Å². The summed E-state index contributed by atoms with van der Waals surface area (Å²) in [6.07, 6.45) is 6.46. The first-order chi connectivity index (χ1) is 12.2. The molecular weight excluding hydrogens is 326 g/mol. The fourth-order valence-corrected chi connectivity index (χ4v) is 3.54. The molecule has 1 amide bonds. The van der Waals surface area contributed by atoms with Gasteiger partial charge in [-0.1, -0.05) is 5.16 Å². The average Bonchev–Trinajstić information content (AvgIpc) is 3.30. The lowest BCUT2D eigenvalue weighted by atomic mass is 9.99. The van der Waals surface area contributed by atoms with E-state index in [9.17, 15) is 4.79 Å². The van der Waals surface area contributed by atoms with Crippen LogP contribution in [0.2, 0.25) is 0 Å². The molecule has 2 fully saturated rings. The Morgan fingerprint density at radius 1 is 1.48 bits per heavy atom. The normalized spacial score (nSPS) is 26.9. The topological polar surface area (TPSA) is 95.5 Å². The molecule has 2 aromatic heterocycles. The molecule has 0 radical (unpaired) electrons. The van der Waals surface area contributed by atoms with Gasteiger partial charge in [0.15, 0.2) is 0 Å². The zero-order chi connectivity index (χ0) is 17.3. The molecule has 4 rings (SSSR count). The first-order valence-electron chi connectivity index (χ1n) is 8.44. The fraction of sp³-hybridized carbons (Fsp3) is 0.625. The molecule has 0 saturated carbocycles. The highest BCUT2D eigenvalue weighted by Crippen LogP contribution is 2.34. The summed E-state index contributed by atoms with van der Waals surface area (Å²) in [5.41, 5.74) is 0.0249. The van der Waals surface area contributed by atoms with Gasteiger partial charge in [-0.15, -0.1) is 0 Å². The van der Waals surface area contributed by atoms with Gasteiger partial charge in [-0.05, 0) is 19.8 Å². The van der Waals surface area contributed by atoms with E-state index in [1.165, 1.54) is 12.5 Å². The van der Waals surface area contributed by atoms with E-state index in [2.05, 4.69) is 15.2 Å². The van der Waals surface area contributed by atoms with Gasteiger partial charge in [0.05, 0.1) is 38.6 Å². The number of ether oxygens (including phenoxy) is 2. The number of hydrogen-bond donors (Lipinski definition) is 0. The Balaban J connectivity index is 1.46. The molecule has 2 saturated heterocycles. The van der Waals surface area contributed by atoms with Crippen molar-refractivity contribution in [2.75, 3.05) is 26.3 Å². The maximum Gasteiger partial charge on any atom is 0.259 e. The van der Waals surface area contributed by atoms with Crippen molar-refractivity contribution < 1.29 is 18.8 Å². The van der Waals surface area contributed by atoms with Gasteiger partial charge < -0.3 is 18.9 Å². The zero-order valence-corrected chi connectivity index (χ0v) is 14.1. The van der Waals surface area contributed by atoms with Gasteiger partial charge in [-0.3, -0.25) is 9.48 Å². The van der Waals surface area contributed by atoms with Crippen LogP contribution in [0.4, 0.5) is 0 Å². The molecule has 0 bridgehead atoms. The summed E-state index contributed by atoms with van der Waals surface area (Å²) in [5, 5.41) is 7.83. The first-order valence-corrected chi connectivity index (χ1v) is 8.44. The highest BCUT2D eigenvalue weighted by molar-refractivity contribution is 5.94. The molecule has 0 aromatic carbocycles. The second kappa shape index (κ2) is 6.57. The van der Waals surface area contributed by atoms with Crippen molar-refractivity contribution in [2.45, 2.75) is 38.0 Å². The van der Waals surface area contributed by atoms with E-state index in [1.54, 1.807) is 22.8 Å². The summed E-state index contributed by atoms with van der Waals surface area (Å²) < 4.78 is 18.9. The van der Waals surface area contributed by atoms with Crippen molar-refractivity contribution in [3.63, 3.8) is 0 Å². The van der Waals surface area contributed by atoms with Crippen LogP contribution in [0.5, 0.6) is 0 Å². The van der Waals surface area contributed by atoms with E-state index in [-0.39, 0.29) is 12.0 Å². The quantitative estimate of drug-likeness (QED) is 0.805. The molecule has 4 heterocycles. The van der Waals surface area contributed by atoms with Crippen LogP contribution in [0.3, 0.4) is 0 Å². The molecule has 25 heavy (non-hydrogen) atoms. The summed E-state index contributed by atoms with van der Waals surface area (Å²) in [6, 6.07) is 0. The third-order valence-corrected chi connectivity index (χ3v) is 4.81. The molecule has 0 N–H and O–H groups in total. The Hall–Kier alpha value is -2.26. The Kier molecular flexibility index (Phi) is 4.26. The molecule has 2 unspecified atom stereocenters. The molecule has 9 nitrogen and oxygen atoms in total. The fourth-order valence-electron chi connectivity index (χ4n) is 3.54. The minimum atomic E-state index is -0.470. The smallest absolute Gasteiger partial charge is 0.259 e. The molecule has 1 spiro atoms. The first kappa shape index (κ1) is 16.2. The molecular formula is C16H21N5O4. The van der Waals surface area contributed by atoms with Crippen LogP contribution in [-0.2, 0) is 16.0 Å². The molecule has 2 atom stereocenters. The monoisotopic (exact) mass is 347 g/mol. The molecule has 2 aliphatic heterocycles. The van der Waals surface area contributed by atoms with E-state index >= 15 is 0 Å². The summed E-state index contributed by atoms with van der Waals surface area (Å²) >= 11 is 0. The minimum absolute atomic E-state index is 0.0395. The predicted octanol–water partition coefficient (Wildman–Crippen LogP) is 0.665. The standard InChI is InChI=1S/C16H21N5O4/c1-12-14(6-19-25-12)15(22)20-4-5-23-9-16(8-20)3-2-13(24-16)7-21-11-17-10-18-21/h6,10-11,13H,2-5,7-9H2,1H3. The van der Waals surface area contributed by atoms with Crippen molar-refractivity contribution in [1.82, 2.24) is 24.8 Å². The highest BCUT2D eigenvalue weighted by Gasteiger charge is 2.44. The second-order valence-corrected chi connectivity index (χ2v) is 6.65. The molecule has 9 heteroatoms. The maximum atomic E-state index is 12.8. The van der Waals surface area contributed by atoms with Crippen molar-refractivity contribution in [1.29, 1.82) is 0 Å². The summed E-state index contributed by atoms with van der Waals surface area (Å²) in [5.74, 6) is 0.438. The Morgan fingerprint density at radius 3 is 3.16 bits per heavy atom. The number of hydrogen-bond acceptors (Lipinski definition) is 7. The van der Waals surface area contributed by atoms with Crippen molar-refractivity contribution >= 4 is 5.91 Å². The zero-order valence-electron chi connectivity index (χ0n) is 14.1. The summed E-state index contributed by atoms with van der Waals surface area (Å²) in [4.78, 5) is 18.5. The highest BCUT2D eigenvalue weighted by atomic mass is 16.6. The largest absolute Gasteiger partial charge is 0.377 e. The predicted molar refractivity (Wildman–Crippen MR) is 84.8 cm³/mol. The molecule has 134 valence electrons. The van der Waals surface area contributed by atoms with E-state index in [1.807, 2.05) is 0 Å². The second-order valence-electron chi connectivity index (χ2n) is 6.65. The summed E-state index contributed by atoms with van der Waals surface area (Å²) in [6.45, 7) is 4.42. The minimum Gasteiger partial charge on any atom is -0.377 e. The number of rotatable bonds is 3. The van der Waals surface area contributed by atoms with Gasteiger partial charge in [0.2, 0.25) is 0 Å². The van der Waals surface area contributed by atoms with E-state index in [0.29, 0.717) is 44.2 Å². The number of carbonyl (C=O) groups is 1. The SMILES string of the molecule is Cc1oncc1C(=O)N1CCOCC2(CCC(Cn3cncn3)O2)C1. The van der Waals surface area contributed by atoms with Gasteiger partial charge in [0.1, 0.15) is 29.6 Å². The number of aryl methyl sites for hydroxylation is 1. The van der Waals surface area contributed by atoms with Gasteiger partial charge in [-0.25, -0.2) is 4.98 Å². The van der Waals surface area contributed by atoms with E-state index < -0.39 is 5.60 Å². The Labute approximate surface area is 144 Å². The van der Waals surface area contributed by atoms with E-state index in [0.717, 1.165) is 12.8 Å². The number of carbonyl (C=O) groups excluding carboxylic acids is 1. The molecule has 0 aliphatic carbocycles. The van der Waals surface area contributed by atoms with Crippen LogP contribution in [-0.4, -0.2) is 68.7 Å². The lowest BCUT2D eigenvalue weighted by molar-refractivity contribution is -0.0881. The molecule has 2 aliphatic rings. The lowest BCUT2D eigenvalue weighted by Crippen LogP contribution is -2.47.